The summed E-state index contributed by atoms with van der Waals surface area (Å²) in [6.45, 7) is 5.76. The zero-order chi connectivity index (χ0) is 12.4. The summed E-state index contributed by atoms with van der Waals surface area (Å²) < 4.78 is 2.83. The van der Waals surface area contributed by atoms with Gasteiger partial charge in [0.25, 0.3) is 5.91 Å². The number of halogens is 1. The zero-order valence-corrected chi connectivity index (χ0v) is 11.9. The standard InChI is InChI=1S/C12H18BrN3O/c1-8(2)7-14-12(17)11-10(13)9-5-3-4-6-16(9)15-11/h8H,3-7H2,1-2H3,(H,14,17). The van der Waals surface area contributed by atoms with Gasteiger partial charge in [-0.2, -0.15) is 5.10 Å². The van der Waals surface area contributed by atoms with Crippen LogP contribution in [0.3, 0.4) is 0 Å². The van der Waals surface area contributed by atoms with E-state index in [0.29, 0.717) is 18.2 Å². The number of aryl methyl sites for hydroxylation is 1. The topological polar surface area (TPSA) is 46.9 Å². The molecule has 0 saturated carbocycles. The van der Waals surface area contributed by atoms with Crippen molar-refractivity contribution in [2.24, 2.45) is 5.92 Å². The fourth-order valence-corrected chi connectivity index (χ4v) is 2.64. The number of aromatic nitrogens is 2. The smallest absolute Gasteiger partial charge is 0.272 e. The van der Waals surface area contributed by atoms with Gasteiger partial charge in [-0.05, 0) is 41.1 Å². The van der Waals surface area contributed by atoms with Gasteiger partial charge in [-0.25, -0.2) is 0 Å². The van der Waals surface area contributed by atoms with Crippen molar-refractivity contribution in [2.45, 2.75) is 39.7 Å². The first-order valence-corrected chi connectivity index (χ1v) is 6.92. The van der Waals surface area contributed by atoms with Crippen LogP contribution < -0.4 is 5.32 Å². The molecule has 0 fully saturated rings. The van der Waals surface area contributed by atoms with Crippen molar-refractivity contribution in [3.8, 4) is 0 Å². The summed E-state index contributed by atoms with van der Waals surface area (Å²) in [4.78, 5) is 12.0. The lowest BCUT2D eigenvalue weighted by Gasteiger charge is -2.12. The van der Waals surface area contributed by atoms with Crippen LogP contribution in [0.1, 0.15) is 42.9 Å². The Kier molecular flexibility index (Phi) is 3.86. The highest BCUT2D eigenvalue weighted by Crippen LogP contribution is 2.26. The van der Waals surface area contributed by atoms with Crippen molar-refractivity contribution in [3.63, 3.8) is 0 Å². The number of rotatable bonds is 3. The maximum absolute atomic E-state index is 12.0. The molecule has 0 saturated heterocycles. The Balaban J connectivity index is 2.15. The van der Waals surface area contributed by atoms with Gasteiger partial charge in [-0.3, -0.25) is 9.48 Å². The number of fused-ring (bicyclic) bond motifs is 1. The molecule has 94 valence electrons. The average Bonchev–Trinajstić information content (AvgIpc) is 2.64. The summed E-state index contributed by atoms with van der Waals surface area (Å²) in [5.41, 5.74) is 1.69. The van der Waals surface area contributed by atoms with Crippen LogP contribution in [0.4, 0.5) is 0 Å². The van der Waals surface area contributed by atoms with Crippen LogP contribution in [0.5, 0.6) is 0 Å². The van der Waals surface area contributed by atoms with E-state index < -0.39 is 0 Å². The van der Waals surface area contributed by atoms with Crippen LogP contribution in [-0.2, 0) is 13.0 Å². The molecule has 0 aromatic carbocycles. The Morgan fingerprint density at radius 2 is 2.29 bits per heavy atom. The van der Waals surface area contributed by atoms with E-state index in [1.54, 1.807) is 0 Å². The molecule has 1 N–H and O–H groups in total. The highest BCUT2D eigenvalue weighted by molar-refractivity contribution is 9.10. The summed E-state index contributed by atoms with van der Waals surface area (Å²) in [5.74, 6) is 0.377. The van der Waals surface area contributed by atoms with Crippen molar-refractivity contribution in [2.75, 3.05) is 6.54 Å². The van der Waals surface area contributed by atoms with Gasteiger partial charge in [0.1, 0.15) is 0 Å². The second-order valence-electron chi connectivity index (χ2n) is 4.89. The molecule has 1 aromatic heterocycles. The predicted molar refractivity (Wildman–Crippen MR) is 70.0 cm³/mol. The van der Waals surface area contributed by atoms with Gasteiger partial charge in [0.15, 0.2) is 5.69 Å². The summed E-state index contributed by atoms with van der Waals surface area (Å²) in [5, 5.41) is 7.29. The molecule has 1 aliphatic heterocycles. The van der Waals surface area contributed by atoms with Gasteiger partial charge in [0.05, 0.1) is 10.2 Å². The van der Waals surface area contributed by atoms with Crippen LogP contribution in [0.15, 0.2) is 4.47 Å². The van der Waals surface area contributed by atoms with E-state index in [1.807, 2.05) is 4.68 Å². The molecule has 4 nitrogen and oxygen atoms in total. The molecule has 0 spiro atoms. The van der Waals surface area contributed by atoms with E-state index in [4.69, 9.17) is 0 Å². The van der Waals surface area contributed by atoms with E-state index >= 15 is 0 Å². The van der Waals surface area contributed by atoms with E-state index in [0.717, 1.165) is 29.6 Å². The summed E-state index contributed by atoms with van der Waals surface area (Å²) in [6, 6.07) is 0. The maximum Gasteiger partial charge on any atom is 0.272 e. The molecule has 0 atom stereocenters. The summed E-state index contributed by atoms with van der Waals surface area (Å²) in [6.07, 6.45) is 3.33. The minimum Gasteiger partial charge on any atom is -0.350 e. The van der Waals surface area contributed by atoms with E-state index in [1.165, 1.54) is 6.42 Å². The molecule has 17 heavy (non-hydrogen) atoms. The number of amides is 1. The lowest BCUT2D eigenvalue weighted by atomic mass is 10.1. The monoisotopic (exact) mass is 299 g/mol. The number of nitrogens with one attached hydrogen (secondary N) is 1. The molecule has 1 aliphatic rings. The number of carbonyl (C=O) groups excluding carboxylic acids is 1. The molecule has 0 radical (unpaired) electrons. The molecule has 0 aliphatic carbocycles. The van der Waals surface area contributed by atoms with Crippen LogP contribution in [0.2, 0.25) is 0 Å². The van der Waals surface area contributed by atoms with Gasteiger partial charge in [0, 0.05) is 13.1 Å². The number of hydrogen-bond donors (Lipinski definition) is 1. The van der Waals surface area contributed by atoms with Crippen molar-refractivity contribution in [1.29, 1.82) is 0 Å². The first-order valence-electron chi connectivity index (χ1n) is 6.13. The minimum atomic E-state index is -0.0764. The van der Waals surface area contributed by atoms with Crippen LogP contribution >= 0.6 is 15.9 Å². The number of hydrogen-bond acceptors (Lipinski definition) is 2. The highest BCUT2D eigenvalue weighted by Gasteiger charge is 2.22. The van der Waals surface area contributed by atoms with Crippen LogP contribution in [-0.4, -0.2) is 22.2 Å². The largest absolute Gasteiger partial charge is 0.350 e. The Morgan fingerprint density at radius 1 is 1.53 bits per heavy atom. The average molecular weight is 300 g/mol. The molecule has 5 heteroatoms. The first-order chi connectivity index (χ1) is 8.09. The third-order valence-corrected chi connectivity index (χ3v) is 3.75. The first kappa shape index (κ1) is 12.6. The lowest BCUT2D eigenvalue weighted by Crippen LogP contribution is -2.28. The third kappa shape index (κ3) is 2.70. The Bertz CT molecular complexity index is 426. The quantitative estimate of drug-likeness (QED) is 0.931. The lowest BCUT2D eigenvalue weighted by molar-refractivity contribution is 0.0942. The fraction of sp³-hybridized carbons (Fsp3) is 0.667. The second kappa shape index (κ2) is 5.21. The van der Waals surface area contributed by atoms with Gasteiger partial charge in [-0.15, -0.1) is 0 Å². The third-order valence-electron chi connectivity index (χ3n) is 2.91. The van der Waals surface area contributed by atoms with Crippen molar-refractivity contribution < 1.29 is 4.79 Å². The van der Waals surface area contributed by atoms with Gasteiger partial charge in [-0.1, -0.05) is 13.8 Å². The predicted octanol–water partition coefficient (Wildman–Crippen LogP) is 2.37. The maximum atomic E-state index is 12.0. The van der Waals surface area contributed by atoms with Gasteiger partial charge in [0.2, 0.25) is 0 Å². The number of carbonyl (C=O) groups is 1. The van der Waals surface area contributed by atoms with Crippen molar-refractivity contribution in [1.82, 2.24) is 15.1 Å². The van der Waals surface area contributed by atoms with Crippen LogP contribution in [0, 0.1) is 5.92 Å². The molecule has 0 unspecified atom stereocenters. The van der Waals surface area contributed by atoms with Crippen molar-refractivity contribution in [3.05, 3.63) is 15.9 Å². The molecule has 0 bridgehead atoms. The van der Waals surface area contributed by atoms with Gasteiger partial charge >= 0.3 is 0 Å². The SMILES string of the molecule is CC(C)CNC(=O)c1nn2c(c1Br)CCCC2. The molecule has 1 amide bonds. The van der Waals surface area contributed by atoms with Gasteiger partial charge < -0.3 is 5.32 Å². The molecule has 1 aromatic rings. The molecule has 2 rings (SSSR count). The van der Waals surface area contributed by atoms with Crippen molar-refractivity contribution >= 4 is 21.8 Å². The fourth-order valence-electron chi connectivity index (χ4n) is 1.98. The Hall–Kier alpha value is -0.840. The van der Waals surface area contributed by atoms with E-state index in [-0.39, 0.29) is 5.91 Å². The van der Waals surface area contributed by atoms with E-state index in [9.17, 15) is 4.79 Å². The number of nitrogens with zero attached hydrogens (tertiary/aromatic N) is 2. The van der Waals surface area contributed by atoms with Crippen LogP contribution in [0.25, 0.3) is 0 Å². The Labute approximate surface area is 110 Å². The second-order valence-corrected chi connectivity index (χ2v) is 5.69. The summed E-state index contributed by atoms with van der Waals surface area (Å²) >= 11 is 3.50. The molecular weight excluding hydrogens is 282 g/mol. The normalized spacial score (nSPS) is 14.8. The zero-order valence-electron chi connectivity index (χ0n) is 10.3. The van der Waals surface area contributed by atoms with E-state index in [2.05, 4.69) is 40.2 Å². The highest BCUT2D eigenvalue weighted by atomic mass is 79.9. The molecular formula is C12H18BrN3O. The summed E-state index contributed by atoms with van der Waals surface area (Å²) in [7, 11) is 0. The minimum absolute atomic E-state index is 0.0764. The Morgan fingerprint density at radius 3 is 2.94 bits per heavy atom. The molecule has 2 heterocycles.